The summed E-state index contributed by atoms with van der Waals surface area (Å²) in [5.74, 6) is 2.11. The van der Waals surface area contributed by atoms with Gasteiger partial charge in [0.1, 0.15) is 0 Å². The number of rotatable bonds is 6. The number of benzene rings is 1. The minimum Gasteiger partial charge on any atom is -0.362 e. The minimum atomic E-state index is 0.448. The summed E-state index contributed by atoms with van der Waals surface area (Å²) in [5.41, 5.74) is 1.40. The van der Waals surface area contributed by atoms with Crippen LogP contribution in [-0.2, 0) is 6.42 Å². The fraction of sp³-hybridized carbons (Fsp3) is 0.588. The van der Waals surface area contributed by atoms with Crippen LogP contribution in [0.15, 0.2) is 35.3 Å². The number of hydrogen-bond donors (Lipinski definition) is 1. The molecule has 0 radical (unpaired) electrons. The van der Waals surface area contributed by atoms with E-state index in [4.69, 9.17) is 4.99 Å². The van der Waals surface area contributed by atoms with Gasteiger partial charge < -0.3 is 5.32 Å². The van der Waals surface area contributed by atoms with E-state index >= 15 is 0 Å². The van der Waals surface area contributed by atoms with Crippen LogP contribution in [0.1, 0.15) is 38.2 Å². The molecule has 3 rings (SSSR count). The lowest BCUT2D eigenvalue weighted by Crippen LogP contribution is -2.32. The molecular weight excluding hydrogens is 264 g/mol. The van der Waals surface area contributed by atoms with Gasteiger partial charge in [0, 0.05) is 11.8 Å². The Labute approximate surface area is 126 Å². The average molecular weight is 288 g/mol. The third-order valence-corrected chi connectivity index (χ3v) is 5.21. The van der Waals surface area contributed by atoms with Gasteiger partial charge in [-0.25, -0.2) is 0 Å². The molecule has 3 heteroatoms. The summed E-state index contributed by atoms with van der Waals surface area (Å²) in [6.45, 7) is 2.28. The molecule has 0 aromatic heterocycles. The molecule has 0 bridgehead atoms. The lowest BCUT2D eigenvalue weighted by Gasteiger charge is -2.17. The smallest absolute Gasteiger partial charge is 0.157 e. The molecule has 1 N–H and O–H groups in total. The Morgan fingerprint density at radius 1 is 1.30 bits per heavy atom. The topological polar surface area (TPSA) is 24.4 Å². The second-order valence-electron chi connectivity index (χ2n) is 6.02. The van der Waals surface area contributed by atoms with Gasteiger partial charge >= 0.3 is 0 Å². The van der Waals surface area contributed by atoms with Crippen molar-refractivity contribution in [2.24, 2.45) is 10.9 Å². The molecule has 2 aliphatic rings. The maximum Gasteiger partial charge on any atom is 0.157 e. The van der Waals surface area contributed by atoms with Crippen LogP contribution >= 0.6 is 11.8 Å². The molecule has 1 fully saturated rings. The molecular formula is C17H24N2S. The second-order valence-corrected chi connectivity index (χ2v) is 7.03. The number of hydrogen-bond acceptors (Lipinski definition) is 3. The van der Waals surface area contributed by atoms with E-state index in [1.54, 1.807) is 0 Å². The molecule has 1 saturated carbocycles. The van der Waals surface area contributed by atoms with Gasteiger partial charge in [-0.15, -0.1) is 0 Å². The summed E-state index contributed by atoms with van der Waals surface area (Å²) in [5, 5.41) is 4.84. The third kappa shape index (κ3) is 4.02. The largest absolute Gasteiger partial charge is 0.362 e. The number of nitrogens with zero attached hydrogens (tertiary/aromatic N) is 1. The molecule has 0 saturated heterocycles. The minimum absolute atomic E-state index is 0.448. The molecule has 1 aromatic rings. The van der Waals surface area contributed by atoms with E-state index in [2.05, 4.69) is 42.6 Å². The molecule has 0 amide bonds. The van der Waals surface area contributed by atoms with Crippen LogP contribution in [0.5, 0.6) is 0 Å². The lowest BCUT2D eigenvalue weighted by atomic mass is 10.1. The lowest BCUT2D eigenvalue weighted by molar-refractivity contribution is 0.512. The highest BCUT2D eigenvalue weighted by Crippen LogP contribution is 2.34. The average Bonchev–Trinajstić information content (AvgIpc) is 3.19. The third-order valence-electron chi connectivity index (χ3n) is 4.16. The van der Waals surface area contributed by atoms with Gasteiger partial charge in [-0.05, 0) is 30.7 Å². The molecule has 1 aromatic carbocycles. The first-order chi connectivity index (χ1) is 9.83. The Balaban J connectivity index is 1.51. The summed E-state index contributed by atoms with van der Waals surface area (Å²) in [6.07, 6.45) is 6.49. The van der Waals surface area contributed by atoms with Gasteiger partial charge in [0.15, 0.2) is 5.17 Å². The molecule has 2 atom stereocenters. The maximum atomic E-state index is 4.87. The van der Waals surface area contributed by atoms with Gasteiger partial charge in [0.25, 0.3) is 0 Å². The number of amidine groups is 1. The monoisotopic (exact) mass is 288 g/mol. The van der Waals surface area contributed by atoms with Crippen molar-refractivity contribution in [1.82, 2.24) is 5.32 Å². The Morgan fingerprint density at radius 2 is 2.10 bits per heavy atom. The Hall–Kier alpha value is -0.960. The molecule has 108 valence electrons. The van der Waals surface area contributed by atoms with Gasteiger partial charge in [-0.2, -0.15) is 0 Å². The highest BCUT2D eigenvalue weighted by atomic mass is 32.2. The molecule has 1 aliphatic carbocycles. The fourth-order valence-electron chi connectivity index (χ4n) is 2.74. The van der Waals surface area contributed by atoms with Crippen LogP contribution in [0.4, 0.5) is 0 Å². The Morgan fingerprint density at radius 3 is 2.80 bits per heavy atom. The molecule has 2 nitrogen and oxygen atoms in total. The van der Waals surface area contributed by atoms with E-state index in [0.717, 1.165) is 18.1 Å². The van der Waals surface area contributed by atoms with Crippen LogP contribution in [0.3, 0.4) is 0 Å². The van der Waals surface area contributed by atoms with Crippen molar-refractivity contribution < 1.29 is 0 Å². The van der Waals surface area contributed by atoms with Gasteiger partial charge in [-0.1, -0.05) is 61.9 Å². The summed E-state index contributed by atoms with van der Waals surface area (Å²) >= 11 is 1.90. The maximum absolute atomic E-state index is 4.87. The number of aliphatic imine (C=N–C) groups is 1. The summed E-state index contributed by atoms with van der Waals surface area (Å²) < 4.78 is 0. The fourth-order valence-corrected chi connectivity index (χ4v) is 3.76. The normalized spacial score (nSPS) is 23.4. The van der Waals surface area contributed by atoms with E-state index in [9.17, 15) is 0 Å². The number of thioether (sulfide) groups is 1. The van der Waals surface area contributed by atoms with Crippen molar-refractivity contribution in [2.75, 3.05) is 5.75 Å². The van der Waals surface area contributed by atoms with Crippen molar-refractivity contribution in [2.45, 2.75) is 51.1 Å². The second kappa shape index (κ2) is 6.66. The molecule has 0 spiro atoms. The SMILES string of the molecule is CCC(CC1CC1)NC1=NC(Cc2ccccc2)CS1. The quantitative estimate of drug-likeness (QED) is 0.859. The number of nitrogens with one attached hydrogen (secondary N) is 1. The highest BCUT2D eigenvalue weighted by Gasteiger charge is 2.26. The Kier molecular flexibility index (Phi) is 4.66. The Bertz CT molecular complexity index is 453. The zero-order valence-corrected chi connectivity index (χ0v) is 13.0. The highest BCUT2D eigenvalue weighted by molar-refractivity contribution is 8.14. The van der Waals surface area contributed by atoms with Crippen LogP contribution in [-0.4, -0.2) is 23.0 Å². The molecule has 1 aliphatic heterocycles. The van der Waals surface area contributed by atoms with E-state index in [-0.39, 0.29) is 0 Å². The van der Waals surface area contributed by atoms with Crippen molar-refractivity contribution >= 4 is 16.9 Å². The first kappa shape index (κ1) is 14.0. The molecule has 2 unspecified atom stereocenters. The van der Waals surface area contributed by atoms with Gasteiger partial charge in [-0.3, -0.25) is 4.99 Å². The molecule has 20 heavy (non-hydrogen) atoms. The van der Waals surface area contributed by atoms with Crippen molar-refractivity contribution in [3.63, 3.8) is 0 Å². The van der Waals surface area contributed by atoms with Crippen molar-refractivity contribution in [1.29, 1.82) is 0 Å². The van der Waals surface area contributed by atoms with E-state index in [1.807, 2.05) is 11.8 Å². The van der Waals surface area contributed by atoms with E-state index < -0.39 is 0 Å². The predicted octanol–water partition coefficient (Wildman–Crippen LogP) is 3.87. The zero-order chi connectivity index (χ0) is 13.8. The van der Waals surface area contributed by atoms with E-state index in [0.29, 0.717) is 12.1 Å². The predicted molar refractivity (Wildman–Crippen MR) is 88.4 cm³/mol. The van der Waals surface area contributed by atoms with Crippen LogP contribution in [0.25, 0.3) is 0 Å². The van der Waals surface area contributed by atoms with Crippen LogP contribution < -0.4 is 5.32 Å². The zero-order valence-electron chi connectivity index (χ0n) is 12.2. The van der Waals surface area contributed by atoms with Crippen molar-refractivity contribution in [3.8, 4) is 0 Å². The standard InChI is InChI=1S/C17H24N2S/c1-2-15(10-14-8-9-14)18-17-19-16(12-20-17)11-13-6-4-3-5-7-13/h3-7,14-16H,2,8-12H2,1H3,(H,18,19). The van der Waals surface area contributed by atoms with Gasteiger partial charge in [0.05, 0.1) is 6.04 Å². The first-order valence-electron chi connectivity index (χ1n) is 7.84. The summed E-state index contributed by atoms with van der Waals surface area (Å²) in [4.78, 5) is 4.87. The molecule has 1 heterocycles. The van der Waals surface area contributed by atoms with Crippen LogP contribution in [0, 0.1) is 5.92 Å². The van der Waals surface area contributed by atoms with Gasteiger partial charge in [0.2, 0.25) is 0 Å². The van der Waals surface area contributed by atoms with Crippen LogP contribution in [0.2, 0.25) is 0 Å². The van der Waals surface area contributed by atoms with Crippen molar-refractivity contribution in [3.05, 3.63) is 35.9 Å². The van der Waals surface area contributed by atoms with E-state index in [1.165, 1.54) is 36.4 Å². The first-order valence-corrected chi connectivity index (χ1v) is 8.83. The summed E-state index contributed by atoms with van der Waals surface area (Å²) in [6, 6.07) is 11.8. The summed E-state index contributed by atoms with van der Waals surface area (Å²) in [7, 11) is 0.